The van der Waals surface area contributed by atoms with Crippen LogP contribution in [0.3, 0.4) is 0 Å². The van der Waals surface area contributed by atoms with Crippen molar-refractivity contribution >= 4 is 61.8 Å². The molecule has 8 heteroatoms. The summed E-state index contributed by atoms with van der Waals surface area (Å²) in [4.78, 5) is 30.4. The van der Waals surface area contributed by atoms with Crippen molar-refractivity contribution in [3.63, 3.8) is 0 Å². The summed E-state index contributed by atoms with van der Waals surface area (Å²) in [7, 11) is 0. The number of benzene rings is 3. The smallest absolute Gasteiger partial charge is 0.266 e. The fourth-order valence-electron chi connectivity index (χ4n) is 3.05. The maximum absolute atomic E-state index is 13.3. The molecule has 0 saturated carbocycles. The molecular formula is C23H17BrClN3O2S. The molecule has 0 fully saturated rings. The first-order chi connectivity index (χ1) is 14.9. The molecule has 1 aromatic heterocycles. The summed E-state index contributed by atoms with van der Waals surface area (Å²) in [5.41, 5.74) is 2.58. The molecule has 1 heterocycles. The third kappa shape index (κ3) is 4.84. The van der Waals surface area contributed by atoms with Gasteiger partial charge in [-0.2, -0.15) is 0 Å². The molecule has 1 N–H and O–H groups in total. The van der Waals surface area contributed by atoms with Crippen molar-refractivity contribution in [1.82, 2.24) is 9.55 Å². The number of anilines is 1. The van der Waals surface area contributed by atoms with Crippen LogP contribution in [-0.2, 0) is 4.79 Å². The number of amides is 1. The molecule has 0 aliphatic carbocycles. The molecule has 1 amide bonds. The molecule has 31 heavy (non-hydrogen) atoms. The van der Waals surface area contributed by atoms with E-state index in [4.69, 9.17) is 11.6 Å². The minimum absolute atomic E-state index is 0.0941. The van der Waals surface area contributed by atoms with Crippen LogP contribution in [0.5, 0.6) is 0 Å². The summed E-state index contributed by atoms with van der Waals surface area (Å²) < 4.78 is 2.38. The Morgan fingerprint density at radius 1 is 1.13 bits per heavy atom. The summed E-state index contributed by atoms with van der Waals surface area (Å²) in [5.74, 6) is -0.101. The van der Waals surface area contributed by atoms with Gasteiger partial charge in [0.15, 0.2) is 5.16 Å². The highest BCUT2D eigenvalue weighted by atomic mass is 79.9. The number of hydrogen-bond donors (Lipinski definition) is 1. The largest absolute Gasteiger partial charge is 0.325 e. The van der Waals surface area contributed by atoms with Crippen LogP contribution in [0.2, 0.25) is 5.02 Å². The second kappa shape index (κ2) is 9.26. The fraction of sp³-hybridized carbons (Fsp3) is 0.0870. The summed E-state index contributed by atoms with van der Waals surface area (Å²) >= 11 is 10.9. The summed E-state index contributed by atoms with van der Waals surface area (Å²) in [6.07, 6.45) is 0. The summed E-state index contributed by atoms with van der Waals surface area (Å²) in [6, 6.07) is 19.9. The number of hydrogen-bond acceptors (Lipinski definition) is 4. The fourth-order valence-corrected chi connectivity index (χ4v) is 4.44. The van der Waals surface area contributed by atoms with Crippen LogP contribution in [0.4, 0.5) is 5.69 Å². The number of halogens is 2. The lowest BCUT2D eigenvalue weighted by molar-refractivity contribution is -0.113. The molecule has 0 spiro atoms. The molecule has 4 aromatic rings. The molecule has 0 aliphatic heterocycles. The molecule has 0 bridgehead atoms. The van der Waals surface area contributed by atoms with Gasteiger partial charge in [0, 0.05) is 15.2 Å². The highest BCUT2D eigenvalue weighted by molar-refractivity contribution is 9.10. The molecule has 5 nitrogen and oxygen atoms in total. The average molecular weight is 515 g/mol. The van der Waals surface area contributed by atoms with Gasteiger partial charge in [-0.05, 0) is 55.0 Å². The molecular weight excluding hydrogens is 498 g/mol. The van der Waals surface area contributed by atoms with Crippen LogP contribution in [0.25, 0.3) is 16.6 Å². The van der Waals surface area contributed by atoms with Crippen LogP contribution in [-0.4, -0.2) is 21.2 Å². The SMILES string of the molecule is Cc1ccc(-n2c(SCC(=O)Nc3cccc(Br)c3)nc3ccccc3c2=O)cc1Cl. The van der Waals surface area contributed by atoms with Crippen LogP contribution < -0.4 is 10.9 Å². The van der Waals surface area contributed by atoms with Gasteiger partial charge in [-0.25, -0.2) is 4.98 Å². The van der Waals surface area contributed by atoms with E-state index in [2.05, 4.69) is 26.2 Å². The van der Waals surface area contributed by atoms with Crippen molar-refractivity contribution in [3.05, 3.63) is 92.1 Å². The third-order valence-corrected chi connectivity index (χ3v) is 6.44. The first-order valence-corrected chi connectivity index (χ1v) is 11.5. The standard InChI is InChI=1S/C23H17BrClN3O2S/c1-14-9-10-17(12-19(14)25)28-22(30)18-7-2-3-8-20(18)27-23(28)31-13-21(29)26-16-6-4-5-15(24)11-16/h2-12H,13H2,1H3,(H,26,29). The zero-order valence-corrected chi connectivity index (χ0v) is 19.6. The Hall–Kier alpha value is -2.61. The van der Waals surface area contributed by atoms with E-state index in [1.165, 1.54) is 16.3 Å². The third-order valence-electron chi connectivity index (χ3n) is 4.60. The van der Waals surface area contributed by atoms with Crippen molar-refractivity contribution in [1.29, 1.82) is 0 Å². The van der Waals surface area contributed by atoms with Gasteiger partial charge < -0.3 is 5.32 Å². The number of thioether (sulfide) groups is 1. The maximum atomic E-state index is 13.3. The molecule has 3 aromatic carbocycles. The number of aryl methyl sites for hydroxylation is 1. The van der Waals surface area contributed by atoms with Gasteiger partial charge in [0.25, 0.3) is 5.56 Å². The monoisotopic (exact) mass is 513 g/mol. The van der Waals surface area contributed by atoms with Gasteiger partial charge in [-0.15, -0.1) is 0 Å². The number of fused-ring (bicyclic) bond motifs is 1. The molecule has 0 unspecified atom stereocenters. The quantitative estimate of drug-likeness (QED) is 0.268. The number of aromatic nitrogens is 2. The number of carbonyl (C=O) groups is 1. The number of nitrogens with one attached hydrogen (secondary N) is 1. The number of para-hydroxylation sites is 1. The lowest BCUT2D eigenvalue weighted by atomic mass is 10.2. The van der Waals surface area contributed by atoms with Crippen molar-refractivity contribution in [2.45, 2.75) is 12.1 Å². The van der Waals surface area contributed by atoms with Gasteiger partial charge in [0.2, 0.25) is 5.91 Å². The van der Waals surface area contributed by atoms with Crippen molar-refractivity contribution in [3.8, 4) is 5.69 Å². The van der Waals surface area contributed by atoms with Crippen LogP contribution in [0.1, 0.15) is 5.56 Å². The lowest BCUT2D eigenvalue weighted by Gasteiger charge is -2.14. The van der Waals surface area contributed by atoms with Gasteiger partial charge in [0.1, 0.15) is 0 Å². The predicted octanol–water partition coefficient (Wildman–Crippen LogP) is 5.84. The normalized spacial score (nSPS) is 10.9. The second-order valence-electron chi connectivity index (χ2n) is 6.83. The van der Waals surface area contributed by atoms with Gasteiger partial charge >= 0.3 is 0 Å². The van der Waals surface area contributed by atoms with E-state index >= 15 is 0 Å². The zero-order valence-electron chi connectivity index (χ0n) is 16.4. The highest BCUT2D eigenvalue weighted by Gasteiger charge is 2.15. The van der Waals surface area contributed by atoms with Crippen LogP contribution in [0, 0.1) is 6.92 Å². The van der Waals surface area contributed by atoms with E-state index < -0.39 is 0 Å². The molecule has 0 atom stereocenters. The first-order valence-electron chi connectivity index (χ1n) is 9.39. The van der Waals surface area contributed by atoms with Gasteiger partial charge in [0.05, 0.1) is 22.3 Å². The van der Waals surface area contributed by atoms with Crippen molar-refractivity contribution in [2.24, 2.45) is 0 Å². The summed E-state index contributed by atoms with van der Waals surface area (Å²) in [5, 5.41) is 4.34. The Morgan fingerprint density at radius 3 is 2.71 bits per heavy atom. The Balaban J connectivity index is 1.69. The summed E-state index contributed by atoms with van der Waals surface area (Å²) in [6.45, 7) is 1.90. The lowest BCUT2D eigenvalue weighted by Crippen LogP contribution is -2.23. The minimum Gasteiger partial charge on any atom is -0.325 e. The second-order valence-corrected chi connectivity index (χ2v) is 9.10. The Kier molecular flexibility index (Phi) is 6.46. The first kappa shape index (κ1) is 21.6. The Morgan fingerprint density at radius 2 is 1.94 bits per heavy atom. The van der Waals surface area contributed by atoms with E-state index in [0.717, 1.165) is 10.0 Å². The van der Waals surface area contributed by atoms with Crippen molar-refractivity contribution in [2.75, 3.05) is 11.1 Å². The van der Waals surface area contributed by atoms with Crippen molar-refractivity contribution < 1.29 is 4.79 Å². The molecule has 0 saturated heterocycles. The zero-order chi connectivity index (χ0) is 22.0. The van der Waals surface area contributed by atoms with E-state index in [1.807, 2.05) is 49.4 Å². The Bertz CT molecular complexity index is 1360. The molecule has 4 rings (SSSR count). The van der Waals surface area contributed by atoms with Crippen LogP contribution in [0.15, 0.2) is 81.2 Å². The molecule has 0 radical (unpaired) electrons. The van der Waals surface area contributed by atoms with Gasteiger partial charge in [-0.1, -0.05) is 63.6 Å². The predicted molar refractivity (Wildman–Crippen MR) is 131 cm³/mol. The molecule has 156 valence electrons. The van der Waals surface area contributed by atoms with E-state index in [-0.39, 0.29) is 17.2 Å². The topological polar surface area (TPSA) is 64.0 Å². The van der Waals surface area contributed by atoms with E-state index in [1.54, 1.807) is 24.3 Å². The van der Waals surface area contributed by atoms with Crippen LogP contribution >= 0.6 is 39.3 Å². The van der Waals surface area contributed by atoms with E-state index in [0.29, 0.717) is 32.5 Å². The minimum atomic E-state index is -0.208. The highest BCUT2D eigenvalue weighted by Crippen LogP contribution is 2.25. The average Bonchev–Trinajstić information content (AvgIpc) is 2.74. The number of nitrogens with zero attached hydrogens (tertiary/aromatic N) is 2. The van der Waals surface area contributed by atoms with E-state index in [9.17, 15) is 9.59 Å². The number of rotatable bonds is 5. The molecule has 0 aliphatic rings. The Labute approximate surface area is 196 Å². The van der Waals surface area contributed by atoms with Gasteiger partial charge in [-0.3, -0.25) is 14.2 Å². The maximum Gasteiger partial charge on any atom is 0.266 e. The number of carbonyl (C=O) groups excluding carboxylic acids is 1.